The minimum absolute atomic E-state index is 0.192. The molecule has 1 fully saturated rings. The molecule has 5 nitrogen and oxygen atoms in total. The Bertz CT molecular complexity index is 623. The zero-order chi connectivity index (χ0) is 15.7. The first-order valence-electron chi connectivity index (χ1n) is 7.18. The van der Waals surface area contributed by atoms with Crippen molar-refractivity contribution < 1.29 is 18.3 Å². The van der Waals surface area contributed by atoms with Gasteiger partial charge in [0, 0.05) is 4.88 Å². The molecule has 0 aliphatic heterocycles. The number of hydrogen-bond donors (Lipinski definition) is 2. The molecule has 0 bridgehead atoms. The van der Waals surface area contributed by atoms with E-state index >= 15 is 0 Å². The summed E-state index contributed by atoms with van der Waals surface area (Å²) in [6.07, 6.45) is 3.50. The number of hydrogen-bond acceptors (Lipinski definition) is 4. The lowest BCUT2D eigenvalue weighted by Crippen LogP contribution is -2.59. The second-order valence-electron chi connectivity index (χ2n) is 5.60. The van der Waals surface area contributed by atoms with Gasteiger partial charge in [0.05, 0.1) is 0 Å². The minimum atomic E-state index is -3.80. The summed E-state index contributed by atoms with van der Waals surface area (Å²) < 4.78 is 27.7. The molecule has 1 aliphatic rings. The van der Waals surface area contributed by atoms with Crippen LogP contribution in [-0.2, 0) is 21.2 Å². The lowest BCUT2D eigenvalue weighted by Gasteiger charge is -2.39. The Balaban J connectivity index is 2.33. The molecule has 0 spiro atoms. The van der Waals surface area contributed by atoms with Gasteiger partial charge in [-0.2, -0.15) is 4.72 Å². The molecular weight excluding hydrogens is 310 g/mol. The molecule has 0 saturated heterocycles. The molecule has 21 heavy (non-hydrogen) atoms. The summed E-state index contributed by atoms with van der Waals surface area (Å²) in [6, 6.07) is 3.33. The lowest BCUT2D eigenvalue weighted by molar-refractivity contribution is -0.147. The van der Waals surface area contributed by atoms with Crippen molar-refractivity contribution in [3.05, 3.63) is 17.0 Å². The predicted molar refractivity (Wildman–Crippen MR) is 82.0 cm³/mol. The number of carbonyl (C=O) groups is 1. The zero-order valence-corrected chi connectivity index (χ0v) is 13.9. The van der Waals surface area contributed by atoms with Gasteiger partial charge in [-0.1, -0.05) is 26.7 Å². The van der Waals surface area contributed by atoms with E-state index in [1.165, 1.54) is 11.3 Å². The summed E-state index contributed by atoms with van der Waals surface area (Å²) in [7, 11) is -3.80. The van der Waals surface area contributed by atoms with E-state index in [1.807, 2.05) is 13.8 Å². The molecule has 0 radical (unpaired) electrons. The van der Waals surface area contributed by atoms with Crippen LogP contribution in [0.5, 0.6) is 0 Å². The standard InChI is InChI=1S/C14H21NO4S2/c1-3-11-7-8-12(20-11)21(18,19)15-14(13(16)17)9-5-4-6-10(14)2/h7-8,10,15H,3-6,9H2,1-2H3,(H,16,17). The van der Waals surface area contributed by atoms with Crippen LogP contribution in [0.25, 0.3) is 0 Å². The SMILES string of the molecule is CCc1ccc(S(=O)(=O)NC2(C(=O)O)CCCCC2C)s1. The number of thiophene rings is 1. The van der Waals surface area contributed by atoms with Crippen molar-refractivity contribution in [3.8, 4) is 0 Å². The number of carboxylic acids is 1. The second-order valence-corrected chi connectivity index (χ2v) is 8.68. The molecule has 1 saturated carbocycles. The summed E-state index contributed by atoms with van der Waals surface area (Å²) in [5.74, 6) is -1.30. The number of sulfonamides is 1. The first-order chi connectivity index (χ1) is 9.82. The fourth-order valence-corrected chi connectivity index (χ4v) is 5.62. The Labute approximate surface area is 129 Å². The topological polar surface area (TPSA) is 83.5 Å². The van der Waals surface area contributed by atoms with Gasteiger partial charge in [0.15, 0.2) is 0 Å². The summed E-state index contributed by atoms with van der Waals surface area (Å²) >= 11 is 1.20. The maximum atomic E-state index is 12.5. The molecular formula is C14H21NO4S2. The van der Waals surface area contributed by atoms with Crippen molar-refractivity contribution in [1.82, 2.24) is 4.72 Å². The molecule has 1 aromatic heterocycles. The third kappa shape index (κ3) is 3.14. The quantitative estimate of drug-likeness (QED) is 0.869. The Morgan fingerprint density at radius 3 is 2.71 bits per heavy atom. The second kappa shape index (κ2) is 6.06. The Kier molecular flexibility index (Phi) is 4.75. The molecule has 118 valence electrons. The highest BCUT2D eigenvalue weighted by Gasteiger charge is 2.48. The maximum absolute atomic E-state index is 12.5. The summed E-state index contributed by atoms with van der Waals surface area (Å²) in [6.45, 7) is 3.76. The monoisotopic (exact) mass is 331 g/mol. The highest BCUT2D eigenvalue weighted by molar-refractivity contribution is 7.91. The number of aliphatic carboxylic acids is 1. The predicted octanol–water partition coefficient (Wildman–Crippen LogP) is 2.62. The number of carboxylic acid groups (broad SMARTS) is 1. The van der Waals surface area contributed by atoms with Gasteiger partial charge >= 0.3 is 5.97 Å². The van der Waals surface area contributed by atoms with Gasteiger partial charge in [0.1, 0.15) is 9.75 Å². The molecule has 7 heteroatoms. The van der Waals surface area contributed by atoms with Crippen LogP contribution in [0.4, 0.5) is 0 Å². The van der Waals surface area contributed by atoms with Gasteiger partial charge in [-0.3, -0.25) is 4.79 Å². The van der Waals surface area contributed by atoms with Gasteiger partial charge < -0.3 is 5.11 Å². The molecule has 2 rings (SSSR count). The average Bonchev–Trinajstić information content (AvgIpc) is 2.90. The normalized spacial score (nSPS) is 26.7. The Hall–Kier alpha value is -0.920. The Morgan fingerprint density at radius 1 is 1.48 bits per heavy atom. The minimum Gasteiger partial charge on any atom is -0.480 e. The number of aryl methyl sites for hydroxylation is 1. The lowest BCUT2D eigenvalue weighted by atomic mass is 9.74. The smallest absolute Gasteiger partial charge is 0.325 e. The van der Waals surface area contributed by atoms with Crippen molar-refractivity contribution in [2.75, 3.05) is 0 Å². The van der Waals surface area contributed by atoms with E-state index in [2.05, 4.69) is 4.72 Å². The van der Waals surface area contributed by atoms with Crippen LogP contribution in [0.15, 0.2) is 16.3 Å². The molecule has 0 aromatic carbocycles. The van der Waals surface area contributed by atoms with Gasteiger partial charge in [0.2, 0.25) is 0 Å². The van der Waals surface area contributed by atoms with Gasteiger partial charge in [-0.25, -0.2) is 8.42 Å². The van der Waals surface area contributed by atoms with E-state index in [0.717, 1.165) is 30.6 Å². The highest BCUT2D eigenvalue weighted by Crippen LogP contribution is 2.36. The highest BCUT2D eigenvalue weighted by atomic mass is 32.2. The maximum Gasteiger partial charge on any atom is 0.325 e. The first-order valence-corrected chi connectivity index (χ1v) is 9.48. The van der Waals surface area contributed by atoms with Crippen LogP contribution in [0, 0.1) is 5.92 Å². The van der Waals surface area contributed by atoms with Crippen LogP contribution >= 0.6 is 11.3 Å². The van der Waals surface area contributed by atoms with E-state index in [1.54, 1.807) is 12.1 Å². The third-order valence-corrected chi connectivity index (χ3v) is 7.48. The van der Waals surface area contributed by atoms with E-state index in [4.69, 9.17) is 0 Å². The van der Waals surface area contributed by atoms with Crippen molar-refractivity contribution in [2.45, 2.75) is 55.7 Å². The molecule has 2 N–H and O–H groups in total. The fraction of sp³-hybridized carbons (Fsp3) is 0.643. The fourth-order valence-electron chi connectivity index (χ4n) is 2.84. The van der Waals surface area contributed by atoms with Crippen LogP contribution in [0.1, 0.15) is 44.4 Å². The van der Waals surface area contributed by atoms with Crippen LogP contribution < -0.4 is 4.72 Å². The van der Waals surface area contributed by atoms with Crippen molar-refractivity contribution in [2.24, 2.45) is 5.92 Å². The van der Waals surface area contributed by atoms with Crippen LogP contribution in [0.3, 0.4) is 0 Å². The molecule has 2 unspecified atom stereocenters. The Morgan fingerprint density at radius 2 is 2.19 bits per heavy atom. The van der Waals surface area contributed by atoms with E-state index < -0.39 is 21.5 Å². The molecule has 1 aromatic rings. The average molecular weight is 331 g/mol. The number of rotatable bonds is 5. The van der Waals surface area contributed by atoms with Gasteiger partial charge in [-0.15, -0.1) is 11.3 Å². The van der Waals surface area contributed by atoms with Crippen LogP contribution in [0.2, 0.25) is 0 Å². The van der Waals surface area contributed by atoms with Crippen molar-refractivity contribution in [1.29, 1.82) is 0 Å². The van der Waals surface area contributed by atoms with Crippen molar-refractivity contribution in [3.63, 3.8) is 0 Å². The molecule has 2 atom stereocenters. The van der Waals surface area contributed by atoms with Crippen LogP contribution in [-0.4, -0.2) is 25.0 Å². The molecule has 1 heterocycles. The number of nitrogens with one attached hydrogen (secondary N) is 1. The van der Waals surface area contributed by atoms with E-state index in [-0.39, 0.29) is 10.1 Å². The van der Waals surface area contributed by atoms with E-state index in [9.17, 15) is 18.3 Å². The van der Waals surface area contributed by atoms with Crippen molar-refractivity contribution >= 4 is 27.3 Å². The third-order valence-electron chi connectivity index (χ3n) is 4.25. The summed E-state index contributed by atoms with van der Waals surface area (Å²) in [5.41, 5.74) is -1.38. The zero-order valence-electron chi connectivity index (χ0n) is 12.3. The molecule has 0 amide bonds. The van der Waals surface area contributed by atoms with Gasteiger partial charge in [-0.05, 0) is 37.3 Å². The summed E-state index contributed by atoms with van der Waals surface area (Å²) in [5, 5.41) is 9.60. The van der Waals surface area contributed by atoms with Gasteiger partial charge in [0.25, 0.3) is 10.0 Å². The first kappa shape index (κ1) is 16.5. The summed E-state index contributed by atoms with van der Waals surface area (Å²) in [4.78, 5) is 12.7. The largest absolute Gasteiger partial charge is 0.480 e. The molecule has 1 aliphatic carbocycles. The van der Waals surface area contributed by atoms with E-state index in [0.29, 0.717) is 6.42 Å².